The van der Waals surface area contributed by atoms with E-state index in [-0.39, 0.29) is 5.91 Å². The van der Waals surface area contributed by atoms with Gasteiger partial charge in [-0.1, -0.05) is 27.2 Å². The molecule has 1 aromatic carbocycles. The molecule has 5 nitrogen and oxygen atoms in total. The number of hydrogen-bond donors (Lipinski definition) is 1. The summed E-state index contributed by atoms with van der Waals surface area (Å²) in [6.07, 6.45) is 3.58. The minimum absolute atomic E-state index is 0.120. The predicted octanol–water partition coefficient (Wildman–Crippen LogP) is 4.52. The second-order valence-electron chi connectivity index (χ2n) is 7.61. The Labute approximate surface area is 156 Å². The number of nitrogens with one attached hydrogen (secondary N) is 1. The molecule has 1 N–H and O–H groups in total. The summed E-state index contributed by atoms with van der Waals surface area (Å²) < 4.78 is 11.6. The molecule has 0 unspecified atom stereocenters. The van der Waals surface area contributed by atoms with E-state index in [2.05, 4.69) is 32.2 Å². The summed E-state index contributed by atoms with van der Waals surface area (Å²) in [6.45, 7) is 9.24. The first-order chi connectivity index (χ1) is 12.4. The quantitative estimate of drug-likeness (QED) is 0.778. The molecular weight excluding hydrogens is 328 g/mol. The van der Waals surface area contributed by atoms with Crippen molar-refractivity contribution in [2.24, 2.45) is 11.8 Å². The molecule has 0 bridgehead atoms. The summed E-state index contributed by atoms with van der Waals surface area (Å²) in [4.78, 5) is 13.0. The van der Waals surface area contributed by atoms with Gasteiger partial charge in [0.05, 0.1) is 12.2 Å². The summed E-state index contributed by atoms with van der Waals surface area (Å²) in [7, 11) is 0. The van der Waals surface area contributed by atoms with Gasteiger partial charge in [0, 0.05) is 12.3 Å². The van der Waals surface area contributed by atoms with Gasteiger partial charge in [0.2, 0.25) is 0 Å². The minimum atomic E-state index is -0.772. The van der Waals surface area contributed by atoms with Gasteiger partial charge in [-0.05, 0) is 56.2 Å². The van der Waals surface area contributed by atoms with Crippen LogP contribution in [0.3, 0.4) is 0 Å². The summed E-state index contributed by atoms with van der Waals surface area (Å²) in [5.74, 6) is 1.26. The van der Waals surface area contributed by atoms with Crippen LogP contribution < -0.4 is 10.1 Å². The standard InChI is InChI=1S/C21H30N2O3/c1-5-26-21(10-6-7-16(4)12-21)20(24)23-18-8-9-19(17(11-18)13-22)25-14-15(2)3/h8-9,11,15-16H,5-7,10,12,14H2,1-4H3,(H,23,24)/t16-,21+/m0/s1. The smallest absolute Gasteiger partial charge is 0.256 e. The number of nitriles is 1. The average Bonchev–Trinajstić information content (AvgIpc) is 2.60. The van der Waals surface area contributed by atoms with Crippen molar-refractivity contribution in [1.29, 1.82) is 5.26 Å². The van der Waals surface area contributed by atoms with Gasteiger partial charge in [-0.25, -0.2) is 0 Å². The molecular formula is C21H30N2O3. The van der Waals surface area contributed by atoms with Crippen LogP contribution in [-0.4, -0.2) is 24.7 Å². The molecule has 0 saturated heterocycles. The van der Waals surface area contributed by atoms with Crippen LogP contribution in [0.25, 0.3) is 0 Å². The number of anilines is 1. The lowest BCUT2D eigenvalue weighted by Gasteiger charge is -2.38. The van der Waals surface area contributed by atoms with Gasteiger partial charge in [-0.15, -0.1) is 0 Å². The first-order valence-corrected chi connectivity index (χ1v) is 9.52. The third-order valence-electron chi connectivity index (χ3n) is 4.72. The van der Waals surface area contributed by atoms with E-state index in [0.717, 1.165) is 25.7 Å². The number of carbonyl (C=O) groups excluding carboxylic acids is 1. The highest BCUT2D eigenvalue weighted by Crippen LogP contribution is 2.36. The lowest BCUT2D eigenvalue weighted by atomic mass is 9.78. The second kappa shape index (κ2) is 9.05. The summed E-state index contributed by atoms with van der Waals surface area (Å²) >= 11 is 0. The number of carbonyl (C=O) groups is 1. The Kier molecular flexibility index (Phi) is 7.05. The van der Waals surface area contributed by atoms with Crippen molar-refractivity contribution < 1.29 is 14.3 Å². The molecule has 5 heteroatoms. The second-order valence-corrected chi connectivity index (χ2v) is 7.61. The third-order valence-corrected chi connectivity index (χ3v) is 4.72. The Morgan fingerprint density at radius 1 is 1.46 bits per heavy atom. The molecule has 1 aliphatic carbocycles. The summed E-state index contributed by atoms with van der Waals surface area (Å²) in [6, 6.07) is 7.33. The van der Waals surface area contributed by atoms with Gasteiger partial charge in [-0.2, -0.15) is 5.26 Å². The van der Waals surface area contributed by atoms with Gasteiger partial charge >= 0.3 is 0 Å². The number of hydrogen-bond acceptors (Lipinski definition) is 4. The lowest BCUT2D eigenvalue weighted by molar-refractivity contribution is -0.147. The van der Waals surface area contributed by atoms with Gasteiger partial charge in [0.1, 0.15) is 17.4 Å². The zero-order valence-electron chi connectivity index (χ0n) is 16.3. The lowest BCUT2D eigenvalue weighted by Crippen LogP contribution is -2.48. The molecule has 1 amide bonds. The maximum absolute atomic E-state index is 13.0. The Bertz CT molecular complexity index is 662. The van der Waals surface area contributed by atoms with Crippen LogP contribution in [-0.2, 0) is 9.53 Å². The molecule has 0 heterocycles. The monoisotopic (exact) mass is 358 g/mol. The largest absolute Gasteiger partial charge is 0.492 e. The molecule has 142 valence electrons. The van der Waals surface area contributed by atoms with Crippen LogP contribution in [0.5, 0.6) is 5.75 Å². The first-order valence-electron chi connectivity index (χ1n) is 9.52. The number of amides is 1. The van der Waals surface area contributed by atoms with Gasteiger partial charge in [-0.3, -0.25) is 4.79 Å². The van der Waals surface area contributed by atoms with E-state index >= 15 is 0 Å². The van der Waals surface area contributed by atoms with Crippen LogP contribution in [0.1, 0.15) is 58.9 Å². The van der Waals surface area contributed by atoms with Crippen LogP contribution in [0, 0.1) is 23.2 Å². The zero-order chi connectivity index (χ0) is 19.2. The fourth-order valence-electron chi connectivity index (χ4n) is 3.50. The molecule has 2 atom stereocenters. The molecule has 0 radical (unpaired) electrons. The molecule has 2 rings (SSSR count). The topological polar surface area (TPSA) is 71.3 Å². The Morgan fingerprint density at radius 3 is 2.85 bits per heavy atom. The Hall–Kier alpha value is -2.06. The van der Waals surface area contributed by atoms with Crippen molar-refractivity contribution in [2.45, 2.75) is 59.0 Å². The van der Waals surface area contributed by atoms with Crippen LogP contribution in [0.15, 0.2) is 18.2 Å². The van der Waals surface area contributed by atoms with Crippen LogP contribution in [0.4, 0.5) is 5.69 Å². The van der Waals surface area contributed by atoms with Crippen molar-refractivity contribution in [3.05, 3.63) is 23.8 Å². The SMILES string of the molecule is CCO[C@]1(C(=O)Nc2ccc(OCC(C)C)c(C#N)c2)CCC[C@H](C)C1. The number of rotatable bonds is 7. The third kappa shape index (κ3) is 4.98. The Balaban J connectivity index is 2.15. The molecule has 0 aliphatic heterocycles. The summed E-state index contributed by atoms with van der Waals surface area (Å²) in [5, 5.41) is 12.3. The van der Waals surface area contributed by atoms with Crippen molar-refractivity contribution >= 4 is 11.6 Å². The summed E-state index contributed by atoms with van der Waals surface area (Å²) in [5.41, 5.74) is 0.248. The van der Waals surface area contributed by atoms with E-state index in [1.807, 2.05) is 6.92 Å². The van der Waals surface area contributed by atoms with Gasteiger partial charge in [0.25, 0.3) is 5.91 Å². The van der Waals surface area contributed by atoms with E-state index < -0.39 is 5.60 Å². The molecule has 26 heavy (non-hydrogen) atoms. The minimum Gasteiger partial charge on any atom is -0.492 e. The number of nitrogens with zero attached hydrogens (tertiary/aromatic N) is 1. The van der Waals surface area contributed by atoms with E-state index in [1.54, 1.807) is 18.2 Å². The molecule has 1 aliphatic rings. The van der Waals surface area contributed by atoms with E-state index in [0.29, 0.717) is 42.0 Å². The van der Waals surface area contributed by atoms with E-state index in [9.17, 15) is 10.1 Å². The van der Waals surface area contributed by atoms with Crippen molar-refractivity contribution in [3.63, 3.8) is 0 Å². The molecule has 0 spiro atoms. The van der Waals surface area contributed by atoms with Crippen molar-refractivity contribution in [3.8, 4) is 11.8 Å². The maximum Gasteiger partial charge on any atom is 0.256 e. The maximum atomic E-state index is 13.0. The Morgan fingerprint density at radius 2 is 2.23 bits per heavy atom. The normalized spacial score (nSPS) is 22.7. The van der Waals surface area contributed by atoms with Gasteiger partial charge in [0.15, 0.2) is 0 Å². The highest BCUT2D eigenvalue weighted by molar-refractivity contribution is 5.97. The molecule has 1 fully saturated rings. The zero-order valence-corrected chi connectivity index (χ0v) is 16.3. The van der Waals surface area contributed by atoms with Gasteiger partial charge < -0.3 is 14.8 Å². The predicted molar refractivity (Wildman–Crippen MR) is 102 cm³/mol. The van der Waals surface area contributed by atoms with Crippen LogP contribution in [0.2, 0.25) is 0 Å². The first kappa shape index (κ1) is 20.3. The highest BCUT2D eigenvalue weighted by atomic mass is 16.5. The fraction of sp³-hybridized carbons (Fsp3) is 0.619. The number of benzene rings is 1. The molecule has 1 saturated carbocycles. The molecule has 0 aromatic heterocycles. The van der Waals surface area contributed by atoms with E-state index in [1.165, 1.54) is 0 Å². The van der Waals surface area contributed by atoms with Crippen LogP contribution >= 0.6 is 0 Å². The fourth-order valence-corrected chi connectivity index (χ4v) is 3.50. The van der Waals surface area contributed by atoms with Crippen molar-refractivity contribution in [2.75, 3.05) is 18.5 Å². The highest BCUT2D eigenvalue weighted by Gasteiger charge is 2.42. The molecule has 1 aromatic rings. The van der Waals surface area contributed by atoms with E-state index in [4.69, 9.17) is 9.47 Å². The van der Waals surface area contributed by atoms with Crippen molar-refractivity contribution in [1.82, 2.24) is 0 Å². The average molecular weight is 358 g/mol. The number of ether oxygens (including phenoxy) is 2.